The maximum atomic E-state index is 14.2. The lowest BCUT2D eigenvalue weighted by Crippen LogP contribution is -2.17. The Labute approximate surface area is 166 Å². The fraction of sp³-hybridized carbons (Fsp3) is 0.167. The summed E-state index contributed by atoms with van der Waals surface area (Å²) in [4.78, 5) is 17.9. The monoisotopic (exact) mass is 420 g/mol. The van der Waals surface area contributed by atoms with Gasteiger partial charge in [-0.25, -0.2) is 14.1 Å². The predicted molar refractivity (Wildman–Crippen MR) is 95.3 cm³/mol. The number of azide groups is 1. The van der Waals surface area contributed by atoms with Gasteiger partial charge in [-0.15, -0.1) is 13.2 Å². The van der Waals surface area contributed by atoms with E-state index in [2.05, 4.69) is 24.8 Å². The topological polar surface area (TPSA) is 106 Å². The van der Waals surface area contributed by atoms with E-state index in [9.17, 15) is 22.4 Å². The van der Waals surface area contributed by atoms with Gasteiger partial charge < -0.3 is 4.74 Å². The average molecular weight is 420 g/mol. The summed E-state index contributed by atoms with van der Waals surface area (Å²) in [5, 5.41) is 7.11. The summed E-state index contributed by atoms with van der Waals surface area (Å²) in [7, 11) is 0. The molecule has 1 amide bonds. The molecule has 0 saturated heterocycles. The second-order valence-corrected chi connectivity index (χ2v) is 5.95. The Hall–Kier alpha value is -3.92. The Morgan fingerprint density at radius 3 is 2.53 bits per heavy atom. The van der Waals surface area contributed by atoms with Gasteiger partial charge in [0, 0.05) is 16.9 Å². The van der Waals surface area contributed by atoms with Crippen LogP contribution in [-0.4, -0.2) is 27.0 Å². The number of aryl methyl sites for hydroxylation is 2. The van der Waals surface area contributed by atoms with E-state index in [1.54, 1.807) is 0 Å². The molecule has 12 heteroatoms. The van der Waals surface area contributed by atoms with Crippen LogP contribution in [0, 0.1) is 5.82 Å². The van der Waals surface area contributed by atoms with Gasteiger partial charge >= 0.3 is 6.36 Å². The van der Waals surface area contributed by atoms with E-state index >= 15 is 0 Å². The molecular formula is C18H12F4N6O2. The Balaban J connectivity index is 1.65. The molecule has 1 heterocycles. The Kier molecular flexibility index (Phi) is 5.98. The summed E-state index contributed by atoms with van der Waals surface area (Å²) in [6.07, 6.45) is -2.87. The molecule has 3 rings (SSSR count). The fourth-order valence-corrected chi connectivity index (χ4v) is 2.56. The van der Waals surface area contributed by atoms with E-state index in [0.29, 0.717) is 17.1 Å². The minimum absolute atomic E-state index is 0.0607. The van der Waals surface area contributed by atoms with Crippen molar-refractivity contribution in [2.45, 2.75) is 19.2 Å². The molecule has 0 fully saturated rings. The van der Waals surface area contributed by atoms with Crippen LogP contribution in [0.3, 0.4) is 0 Å². The molecule has 0 atom stereocenters. The smallest absolute Gasteiger partial charge is 0.406 e. The van der Waals surface area contributed by atoms with E-state index in [1.807, 2.05) is 0 Å². The van der Waals surface area contributed by atoms with Gasteiger partial charge in [0.1, 0.15) is 17.9 Å². The van der Waals surface area contributed by atoms with Crippen LogP contribution in [0.1, 0.15) is 21.7 Å². The zero-order valence-electron chi connectivity index (χ0n) is 15.0. The molecule has 0 spiro atoms. The van der Waals surface area contributed by atoms with Crippen LogP contribution < -0.4 is 4.74 Å². The molecule has 0 aliphatic rings. The molecule has 0 aliphatic heterocycles. The van der Waals surface area contributed by atoms with E-state index < -0.39 is 18.1 Å². The van der Waals surface area contributed by atoms with Crippen molar-refractivity contribution in [3.8, 4) is 11.4 Å². The first-order valence-corrected chi connectivity index (χ1v) is 8.40. The first-order chi connectivity index (χ1) is 14.2. The third-order valence-corrected chi connectivity index (χ3v) is 3.93. The Bertz CT molecular complexity index is 1100. The van der Waals surface area contributed by atoms with Gasteiger partial charge in [-0.05, 0) is 53.0 Å². The van der Waals surface area contributed by atoms with Crippen LogP contribution >= 0.6 is 0 Å². The molecule has 1 aromatic heterocycles. The number of alkyl halides is 3. The largest absolute Gasteiger partial charge is 0.573 e. The molecule has 154 valence electrons. The summed E-state index contributed by atoms with van der Waals surface area (Å²) in [5.41, 5.74) is 8.98. The minimum Gasteiger partial charge on any atom is -0.406 e. The fourth-order valence-electron chi connectivity index (χ4n) is 2.56. The molecule has 0 radical (unpaired) electrons. The Morgan fingerprint density at radius 1 is 1.17 bits per heavy atom. The van der Waals surface area contributed by atoms with E-state index in [1.165, 1.54) is 35.3 Å². The Morgan fingerprint density at radius 2 is 1.90 bits per heavy atom. The number of hydrogen-bond acceptors (Lipinski definition) is 4. The van der Waals surface area contributed by atoms with Crippen LogP contribution in [0.4, 0.5) is 17.6 Å². The van der Waals surface area contributed by atoms with E-state index in [-0.39, 0.29) is 24.2 Å². The third-order valence-electron chi connectivity index (χ3n) is 3.93. The van der Waals surface area contributed by atoms with Crippen LogP contribution in [0.5, 0.6) is 5.75 Å². The van der Waals surface area contributed by atoms with Crippen molar-refractivity contribution in [2.24, 2.45) is 5.11 Å². The molecule has 0 unspecified atom stereocenters. The lowest BCUT2D eigenvalue weighted by atomic mass is 10.1. The molecule has 8 nitrogen and oxygen atoms in total. The van der Waals surface area contributed by atoms with Crippen molar-refractivity contribution in [3.63, 3.8) is 0 Å². The van der Waals surface area contributed by atoms with E-state index in [4.69, 9.17) is 5.53 Å². The van der Waals surface area contributed by atoms with Crippen molar-refractivity contribution in [1.82, 2.24) is 14.8 Å². The lowest BCUT2D eigenvalue weighted by molar-refractivity contribution is -0.274. The van der Waals surface area contributed by atoms with Gasteiger partial charge in [0.2, 0.25) is 5.91 Å². The van der Waals surface area contributed by atoms with Gasteiger partial charge in [0.05, 0.1) is 5.69 Å². The number of ether oxygens (including phenoxy) is 1. The normalized spacial score (nSPS) is 11.1. The van der Waals surface area contributed by atoms with Gasteiger partial charge in [0.25, 0.3) is 0 Å². The number of rotatable bonds is 6. The molecule has 2 aromatic carbocycles. The summed E-state index contributed by atoms with van der Waals surface area (Å²) in [6, 6.07) is 8.83. The SMILES string of the molecule is [N-]=[N+]=NC(=O)c1ccc(CCc2ncn(-c3ccc(OC(F)(F)F)cc3)n2)c(F)c1. The van der Waals surface area contributed by atoms with Gasteiger partial charge in [0.15, 0.2) is 5.82 Å². The zero-order valence-corrected chi connectivity index (χ0v) is 15.0. The number of carbonyl (C=O) groups excluding carboxylic acids is 1. The molecule has 0 saturated carbocycles. The quantitative estimate of drug-likeness (QED) is 0.253. The maximum absolute atomic E-state index is 14.2. The second-order valence-electron chi connectivity index (χ2n) is 5.95. The molecule has 0 N–H and O–H groups in total. The van der Waals surface area contributed by atoms with Crippen molar-refractivity contribution in [3.05, 3.63) is 82.0 Å². The highest BCUT2D eigenvalue weighted by molar-refractivity contribution is 5.94. The predicted octanol–water partition coefficient (Wildman–Crippen LogP) is 4.54. The van der Waals surface area contributed by atoms with Crippen LogP contribution in [0.15, 0.2) is 53.9 Å². The highest BCUT2D eigenvalue weighted by Crippen LogP contribution is 2.23. The average Bonchev–Trinajstić information content (AvgIpc) is 3.15. The molecule has 0 aliphatic carbocycles. The summed E-state index contributed by atoms with van der Waals surface area (Å²) < 4.78 is 55.9. The zero-order chi connectivity index (χ0) is 21.7. The molecular weight excluding hydrogens is 408 g/mol. The van der Waals surface area contributed by atoms with Gasteiger partial charge in [-0.2, -0.15) is 5.10 Å². The van der Waals surface area contributed by atoms with Crippen LogP contribution in [0.25, 0.3) is 16.1 Å². The van der Waals surface area contributed by atoms with Crippen molar-refractivity contribution in [2.75, 3.05) is 0 Å². The highest BCUT2D eigenvalue weighted by Gasteiger charge is 2.31. The number of benzene rings is 2. The summed E-state index contributed by atoms with van der Waals surface area (Å²) in [5.74, 6) is -1.48. The van der Waals surface area contributed by atoms with Crippen molar-refractivity contribution < 1.29 is 27.1 Å². The first-order valence-electron chi connectivity index (χ1n) is 8.40. The van der Waals surface area contributed by atoms with Gasteiger partial charge in [-0.1, -0.05) is 12.1 Å². The molecule has 0 bridgehead atoms. The number of hydrogen-bond donors (Lipinski definition) is 0. The number of halogens is 4. The van der Waals surface area contributed by atoms with Crippen molar-refractivity contribution >= 4 is 5.91 Å². The lowest BCUT2D eigenvalue weighted by Gasteiger charge is -2.09. The van der Waals surface area contributed by atoms with Gasteiger partial charge in [-0.3, -0.25) is 4.79 Å². The van der Waals surface area contributed by atoms with Crippen LogP contribution in [-0.2, 0) is 12.8 Å². The second kappa shape index (κ2) is 8.62. The maximum Gasteiger partial charge on any atom is 0.573 e. The van der Waals surface area contributed by atoms with Crippen molar-refractivity contribution in [1.29, 1.82) is 0 Å². The number of nitrogens with zero attached hydrogens (tertiary/aromatic N) is 6. The molecule has 30 heavy (non-hydrogen) atoms. The number of aromatic nitrogens is 3. The summed E-state index contributed by atoms with van der Waals surface area (Å²) >= 11 is 0. The molecule has 3 aromatic rings. The summed E-state index contributed by atoms with van der Waals surface area (Å²) in [6.45, 7) is 0. The standard InChI is InChI=1S/C18H12F4N6O2/c19-15-9-12(17(29)25-27-23)2-1-11(15)3-8-16-24-10-28(26-16)13-4-6-14(7-5-13)30-18(20,21)22/h1-2,4-7,9-10H,3,8H2. The first kappa shape index (κ1) is 20.8. The highest BCUT2D eigenvalue weighted by atomic mass is 19.4. The minimum atomic E-state index is -4.77. The third kappa shape index (κ3) is 5.32. The van der Waals surface area contributed by atoms with Crippen LogP contribution in [0.2, 0.25) is 0 Å². The number of carbonyl (C=O) groups is 1. The number of amides is 1. The van der Waals surface area contributed by atoms with E-state index in [0.717, 1.165) is 18.2 Å².